The molecule has 0 bridgehead atoms. The van der Waals surface area contributed by atoms with E-state index >= 15 is 0 Å². The topological polar surface area (TPSA) is 69.8 Å². The molecule has 0 amide bonds. The first-order valence-electron chi connectivity index (χ1n) is 7.58. The highest BCUT2D eigenvalue weighted by molar-refractivity contribution is 5.72. The predicted molar refractivity (Wildman–Crippen MR) is 83.1 cm³/mol. The quantitative estimate of drug-likeness (QED) is 0.670. The van der Waals surface area contributed by atoms with E-state index in [2.05, 4.69) is 36.2 Å². The van der Waals surface area contributed by atoms with Gasteiger partial charge in [0.05, 0.1) is 6.67 Å². The van der Waals surface area contributed by atoms with E-state index in [0.717, 1.165) is 6.67 Å². The molecule has 0 unspecified atom stereocenters. The second-order valence-electron chi connectivity index (χ2n) is 5.40. The van der Waals surface area contributed by atoms with Crippen molar-refractivity contribution in [1.29, 1.82) is 0 Å². The Bertz CT molecular complexity index is 280. The summed E-state index contributed by atoms with van der Waals surface area (Å²) in [6.45, 7) is 6.00. The minimum absolute atomic E-state index is 0.731. The van der Waals surface area contributed by atoms with Crippen molar-refractivity contribution >= 4 is 5.97 Å². The third-order valence-corrected chi connectivity index (χ3v) is 3.13. The third kappa shape index (κ3) is 10.7. The molecule has 0 saturated carbocycles. The van der Waals surface area contributed by atoms with Crippen molar-refractivity contribution in [2.45, 2.75) is 58.4 Å². The number of hydrogen-bond donors (Lipinski definition) is 2. The van der Waals surface area contributed by atoms with Crippen LogP contribution in [0.5, 0.6) is 0 Å². The molecule has 0 aromatic rings. The number of unbranched alkanes of at least 4 members (excludes halogenated alkanes) is 5. The minimum atomic E-state index is -0.963. The fourth-order valence-corrected chi connectivity index (χ4v) is 1.83. The standard InChI is InChI=1S/C12H24N2.C3H7NO2/c1-3-4-5-6-7-8-9-14-11-10-13(2)12-14;1-2(4)3(5)6/h10-11H,3-9,12H2,1-2H3;2H,4H2,1H3,(H,5,6)/t;2-/m.0/s1. The van der Waals surface area contributed by atoms with Crippen LogP contribution in [0.15, 0.2) is 12.4 Å². The Kier molecular flexibility index (Phi) is 10.9. The van der Waals surface area contributed by atoms with Gasteiger partial charge in [-0.25, -0.2) is 0 Å². The Hall–Kier alpha value is -1.23. The SMILES string of the molecule is CCCCCCCCN1C=CN(C)C1.C[C@H](N)C(=O)O. The maximum Gasteiger partial charge on any atom is 0.320 e. The van der Waals surface area contributed by atoms with Crippen molar-refractivity contribution in [1.82, 2.24) is 9.80 Å². The maximum atomic E-state index is 9.57. The van der Waals surface area contributed by atoms with Gasteiger partial charge in [0.1, 0.15) is 6.04 Å². The highest BCUT2D eigenvalue weighted by Gasteiger charge is 2.06. The molecule has 1 heterocycles. The number of carboxylic acid groups (broad SMARTS) is 1. The molecule has 0 radical (unpaired) electrons. The van der Waals surface area contributed by atoms with Gasteiger partial charge in [-0.15, -0.1) is 0 Å². The van der Waals surface area contributed by atoms with E-state index in [-0.39, 0.29) is 0 Å². The highest BCUT2D eigenvalue weighted by atomic mass is 16.4. The molecule has 20 heavy (non-hydrogen) atoms. The van der Waals surface area contributed by atoms with Crippen molar-refractivity contribution in [3.63, 3.8) is 0 Å². The van der Waals surface area contributed by atoms with Gasteiger partial charge in [0.25, 0.3) is 0 Å². The number of aliphatic carboxylic acids is 1. The van der Waals surface area contributed by atoms with Crippen LogP contribution in [0.1, 0.15) is 52.4 Å². The zero-order valence-corrected chi connectivity index (χ0v) is 13.2. The summed E-state index contributed by atoms with van der Waals surface area (Å²) in [5.74, 6) is -0.963. The molecule has 0 aromatic carbocycles. The van der Waals surface area contributed by atoms with Gasteiger partial charge in [0, 0.05) is 26.0 Å². The zero-order valence-electron chi connectivity index (χ0n) is 13.2. The summed E-state index contributed by atoms with van der Waals surface area (Å²) in [6, 6.07) is -0.731. The van der Waals surface area contributed by atoms with Gasteiger partial charge in [-0.2, -0.15) is 0 Å². The molecule has 5 nitrogen and oxygen atoms in total. The van der Waals surface area contributed by atoms with Crippen LogP contribution in [0.4, 0.5) is 0 Å². The Morgan fingerprint density at radius 2 is 1.80 bits per heavy atom. The number of nitrogens with zero attached hydrogens (tertiary/aromatic N) is 2. The van der Waals surface area contributed by atoms with Crippen LogP contribution in [0, 0.1) is 0 Å². The molecule has 5 heteroatoms. The summed E-state index contributed by atoms with van der Waals surface area (Å²) in [4.78, 5) is 14.2. The maximum absolute atomic E-state index is 9.57. The van der Waals surface area contributed by atoms with Crippen LogP contribution >= 0.6 is 0 Å². The van der Waals surface area contributed by atoms with Gasteiger partial charge in [-0.1, -0.05) is 39.0 Å². The van der Waals surface area contributed by atoms with E-state index in [9.17, 15) is 4.79 Å². The number of nitrogens with two attached hydrogens (primary N) is 1. The molecule has 0 fully saturated rings. The van der Waals surface area contributed by atoms with Crippen molar-refractivity contribution in [3.05, 3.63) is 12.4 Å². The molecule has 0 aliphatic carbocycles. The van der Waals surface area contributed by atoms with Gasteiger partial charge in [-0.05, 0) is 13.3 Å². The summed E-state index contributed by atoms with van der Waals surface area (Å²) in [7, 11) is 2.12. The van der Waals surface area contributed by atoms with Crippen LogP contribution in [0.3, 0.4) is 0 Å². The summed E-state index contributed by atoms with van der Waals surface area (Å²) in [5, 5.41) is 7.87. The average molecular weight is 285 g/mol. The van der Waals surface area contributed by atoms with E-state index in [0.29, 0.717) is 0 Å². The van der Waals surface area contributed by atoms with Crippen molar-refractivity contribution in [3.8, 4) is 0 Å². The second-order valence-corrected chi connectivity index (χ2v) is 5.40. The molecule has 0 spiro atoms. The van der Waals surface area contributed by atoms with Gasteiger partial charge in [-0.3, -0.25) is 4.79 Å². The third-order valence-electron chi connectivity index (χ3n) is 3.13. The largest absolute Gasteiger partial charge is 0.480 e. The van der Waals surface area contributed by atoms with Crippen LogP contribution < -0.4 is 5.73 Å². The Morgan fingerprint density at radius 3 is 2.25 bits per heavy atom. The summed E-state index contributed by atoms with van der Waals surface area (Å²) >= 11 is 0. The monoisotopic (exact) mass is 285 g/mol. The highest BCUT2D eigenvalue weighted by Crippen LogP contribution is 2.08. The lowest BCUT2D eigenvalue weighted by Crippen LogP contribution is -2.25. The van der Waals surface area contributed by atoms with Gasteiger partial charge in [0.15, 0.2) is 0 Å². The molecule has 3 N–H and O–H groups in total. The van der Waals surface area contributed by atoms with Crippen molar-refractivity contribution < 1.29 is 9.90 Å². The normalized spacial score (nSPS) is 15.0. The molecule has 1 atom stereocenters. The summed E-state index contributed by atoms with van der Waals surface area (Å²) in [6.07, 6.45) is 12.7. The van der Waals surface area contributed by atoms with E-state index in [1.54, 1.807) is 0 Å². The zero-order chi connectivity index (χ0) is 15.4. The fraction of sp³-hybridized carbons (Fsp3) is 0.800. The molecule has 0 saturated heterocycles. The van der Waals surface area contributed by atoms with Crippen molar-refractivity contribution in [2.24, 2.45) is 5.73 Å². The van der Waals surface area contributed by atoms with Crippen LogP contribution in [-0.2, 0) is 4.79 Å². The van der Waals surface area contributed by atoms with Crippen LogP contribution in [-0.4, -0.2) is 47.2 Å². The first kappa shape index (κ1) is 18.8. The lowest BCUT2D eigenvalue weighted by Gasteiger charge is -2.17. The molecule has 0 aromatic heterocycles. The van der Waals surface area contributed by atoms with E-state index in [1.165, 1.54) is 52.0 Å². The van der Waals surface area contributed by atoms with Gasteiger partial charge >= 0.3 is 5.97 Å². The number of hydrogen-bond acceptors (Lipinski definition) is 4. The number of rotatable bonds is 8. The number of carboxylic acids is 1. The lowest BCUT2D eigenvalue weighted by molar-refractivity contribution is -0.138. The van der Waals surface area contributed by atoms with Gasteiger partial charge in [0.2, 0.25) is 0 Å². The minimum Gasteiger partial charge on any atom is -0.480 e. The lowest BCUT2D eigenvalue weighted by atomic mass is 10.1. The van der Waals surface area contributed by atoms with E-state index in [1.807, 2.05) is 0 Å². The van der Waals surface area contributed by atoms with Crippen LogP contribution in [0.25, 0.3) is 0 Å². The summed E-state index contributed by atoms with van der Waals surface area (Å²) < 4.78 is 0. The average Bonchev–Trinajstić information content (AvgIpc) is 2.80. The smallest absolute Gasteiger partial charge is 0.320 e. The second kappa shape index (κ2) is 11.6. The molecular weight excluding hydrogens is 254 g/mol. The first-order valence-corrected chi connectivity index (χ1v) is 7.58. The molecule has 1 rings (SSSR count). The number of carbonyl (C=O) groups is 1. The fourth-order valence-electron chi connectivity index (χ4n) is 1.83. The predicted octanol–water partition coefficient (Wildman–Crippen LogP) is 2.44. The molecule has 118 valence electrons. The Morgan fingerprint density at radius 1 is 1.25 bits per heavy atom. The Labute approximate surface area is 123 Å². The van der Waals surface area contributed by atoms with Crippen molar-refractivity contribution in [2.75, 3.05) is 20.3 Å². The van der Waals surface area contributed by atoms with Crippen LogP contribution in [0.2, 0.25) is 0 Å². The molecular formula is C15H31N3O2. The summed E-state index contributed by atoms with van der Waals surface area (Å²) in [5.41, 5.74) is 4.84. The van der Waals surface area contributed by atoms with E-state index in [4.69, 9.17) is 10.8 Å². The first-order chi connectivity index (χ1) is 9.47. The van der Waals surface area contributed by atoms with Gasteiger partial charge < -0.3 is 20.6 Å². The molecule has 1 aliphatic rings. The Balaban J connectivity index is 0.000000511. The van der Waals surface area contributed by atoms with E-state index < -0.39 is 12.0 Å². The molecule has 1 aliphatic heterocycles.